The molecule has 2 N–H and O–H groups in total. The van der Waals surface area contributed by atoms with Crippen LogP contribution in [0.2, 0.25) is 0 Å². The van der Waals surface area contributed by atoms with Crippen LogP contribution >= 0.6 is 12.2 Å². The van der Waals surface area contributed by atoms with Crippen molar-refractivity contribution < 1.29 is 17.9 Å². The average molecular weight is 305 g/mol. The first-order chi connectivity index (χ1) is 9.34. The molecular formula is C14H18F3NOS. The molecule has 1 atom stereocenters. The third kappa shape index (κ3) is 5.36. The van der Waals surface area contributed by atoms with Crippen molar-refractivity contribution in [1.82, 2.24) is 0 Å². The molecule has 112 valence electrons. The summed E-state index contributed by atoms with van der Waals surface area (Å²) in [7, 11) is 0. The highest BCUT2D eigenvalue weighted by atomic mass is 32.1. The highest BCUT2D eigenvalue weighted by Crippen LogP contribution is 2.27. The van der Waals surface area contributed by atoms with Gasteiger partial charge in [0.2, 0.25) is 0 Å². The van der Waals surface area contributed by atoms with Crippen LogP contribution in [0.1, 0.15) is 25.3 Å². The minimum Gasteiger partial charge on any atom is -0.493 e. The Morgan fingerprint density at radius 3 is 2.35 bits per heavy atom. The third-order valence-corrected chi connectivity index (χ3v) is 3.18. The zero-order valence-electron chi connectivity index (χ0n) is 11.2. The monoisotopic (exact) mass is 305 g/mol. The second-order valence-electron chi connectivity index (χ2n) is 4.56. The van der Waals surface area contributed by atoms with Gasteiger partial charge in [-0.2, -0.15) is 13.2 Å². The summed E-state index contributed by atoms with van der Waals surface area (Å²) in [5, 5.41) is 0. The number of hydrogen-bond acceptors (Lipinski definition) is 2. The van der Waals surface area contributed by atoms with Crippen LogP contribution in [0.5, 0.6) is 5.75 Å². The fraction of sp³-hybridized carbons (Fsp3) is 0.500. The second-order valence-corrected chi connectivity index (χ2v) is 5.03. The van der Waals surface area contributed by atoms with Gasteiger partial charge in [-0.3, -0.25) is 0 Å². The van der Waals surface area contributed by atoms with Gasteiger partial charge in [-0.05, 0) is 30.5 Å². The largest absolute Gasteiger partial charge is 0.493 e. The van der Waals surface area contributed by atoms with Gasteiger partial charge in [0.1, 0.15) is 18.3 Å². The lowest BCUT2D eigenvalue weighted by Gasteiger charge is -2.19. The number of unbranched alkanes of at least 4 members (excludes halogenated alkanes) is 1. The van der Waals surface area contributed by atoms with Crippen molar-refractivity contribution in [1.29, 1.82) is 0 Å². The summed E-state index contributed by atoms with van der Waals surface area (Å²) in [6.07, 6.45) is -1.35. The van der Waals surface area contributed by atoms with E-state index in [1.165, 1.54) is 0 Å². The van der Waals surface area contributed by atoms with E-state index >= 15 is 0 Å². The maximum absolute atomic E-state index is 12.6. The minimum absolute atomic E-state index is 0.385. The summed E-state index contributed by atoms with van der Waals surface area (Å²) >= 11 is 4.43. The SMILES string of the molecule is CCCCc1ccc(OCC(C(N)=S)C(F)(F)F)cc1. The number of hydrogen-bond donors (Lipinski definition) is 1. The summed E-state index contributed by atoms with van der Waals surface area (Å²) in [6.45, 7) is 1.51. The molecule has 0 saturated carbocycles. The number of rotatable bonds is 7. The van der Waals surface area contributed by atoms with E-state index in [2.05, 4.69) is 19.1 Å². The van der Waals surface area contributed by atoms with E-state index in [0.717, 1.165) is 24.8 Å². The number of benzene rings is 1. The molecule has 0 aliphatic carbocycles. The Morgan fingerprint density at radius 2 is 1.90 bits per heavy atom. The molecule has 2 nitrogen and oxygen atoms in total. The number of alkyl halides is 3. The average Bonchev–Trinajstić information content (AvgIpc) is 2.36. The topological polar surface area (TPSA) is 35.2 Å². The summed E-state index contributed by atoms with van der Waals surface area (Å²) in [5.74, 6) is -1.53. The smallest absolute Gasteiger partial charge is 0.401 e. The Balaban J connectivity index is 2.58. The Bertz CT molecular complexity index is 431. The van der Waals surface area contributed by atoms with Gasteiger partial charge in [-0.25, -0.2) is 0 Å². The van der Waals surface area contributed by atoms with Gasteiger partial charge >= 0.3 is 6.18 Å². The van der Waals surface area contributed by atoms with Crippen molar-refractivity contribution in [3.63, 3.8) is 0 Å². The lowest BCUT2D eigenvalue weighted by Crippen LogP contribution is -2.38. The van der Waals surface area contributed by atoms with Crippen molar-refractivity contribution in [3.05, 3.63) is 29.8 Å². The van der Waals surface area contributed by atoms with Gasteiger partial charge in [-0.1, -0.05) is 37.7 Å². The van der Waals surface area contributed by atoms with Crippen LogP contribution in [-0.2, 0) is 6.42 Å². The second kappa shape index (κ2) is 7.47. The first-order valence-electron chi connectivity index (χ1n) is 6.42. The molecule has 20 heavy (non-hydrogen) atoms. The summed E-state index contributed by atoms with van der Waals surface area (Å²) in [5.41, 5.74) is 6.24. The highest BCUT2D eigenvalue weighted by Gasteiger charge is 2.42. The van der Waals surface area contributed by atoms with Crippen molar-refractivity contribution in [3.8, 4) is 5.75 Å². The van der Waals surface area contributed by atoms with E-state index in [4.69, 9.17) is 10.5 Å². The van der Waals surface area contributed by atoms with Crippen molar-refractivity contribution in [2.24, 2.45) is 11.7 Å². The molecule has 0 aromatic heterocycles. The quantitative estimate of drug-likeness (QED) is 0.777. The van der Waals surface area contributed by atoms with E-state index in [1.807, 2.05) is 12.1 Å². The molecule has 0 fully saturated rings. The Morgan fingerprint density at radius 1 is 1.30 bits per heavy atom. The molecule has 0 radical (unpaired) electrons. The van der Waals surface area contributed by atoms with Crippen molar-refractivity contribution in [2.75, 3.05) is 6.61 Å². The number of thiocarbonyl (C=S) groups is 1. The van der Waals surface area contributed by atoms with Crippen LogP contribution in [0.3, 0.4) is 0 Å². The Labute approximate surface area is 122 Å². The van der Waals surface area contributed by atoms with Crippen molar-refractivity contribution >= 4 is 17.2 Å². The molecule has 6 heteroatoms. The first-order valence-corrected chi connectivity index (χ1v) is 6.83. The van der Waals surface area contributed by atoms with Crippen LogP contribution in [0, 0.1) is 5.92 Å². The highest BCUT2D eigenvalue weighted by molar-refractivity contribution is 7.80. The van der Waals surface area contributed by atoms with Gasteiger partial charge < -0.3 is 10.5 Å². The molecule has 1 unspecified atom stereocenters. The van der Waals surface area contributed by atoms with E-state index in [9.17, 15) is 13.2 Å². The Kier molecular flexibility index (Phi) is 6.26. The van der Waals surface area contributed by atoms with E-state index in [1.54, 1.807) is 12.1 Å². The number of aryl methyl sites for hydroxylation is 1. The summed E-state index contributed by atoms with van der Waals surface area (Å²) in [6, 6.07) is 7.04. The maximum atomic E-state index is 12.6. The van der Waals surface area contributed by atoms with Gasteiger partial charge in [-0.15, -0.1) is 0 Å². The number of nitrogens with two attached hydrogens (primary N) is 1. The minimum atomic E-state index is -4.48. The zero-order valence-corrected chi connectivity index (χ0v) is 12.1. The summed E-state index contributed by atoms with van der Waals surface area (Å²) < 4.78 is 43.0. The van der Waals surface area contributed by atoms with Gasteiger partial charge in [0.25, 0.3) is 0 Å². The van der Waals surface area contributed by atoms with Crippen LogP contribution < -0.4 is 10.5 Å². The molecule has 0 bridgehead atoms. The molecule has 0 saturated heterocycles. The van der Waals surface area contributed by atoms with Crippen LogP contribution in [0.15, 0.2) is 24.3 Å². The van der Waals surface area contributed by atoms with Gasteiger partial charge in [0, 0.05) is 0 Å². The third-order valence-electron chi connectivity index (χ3n) is 2.90. The molecule has 0 aliphatic heterocycles. The predicted molar refractivity (Wildman–Crippen MR) is 76.9 cm³/mol. The molecule has 1 aromatic carbocycles. The standard InChI is InChI=1S/C14H18F3NOS/c1-2-3-4-10-5-7-11(8-6-10)19-9-12(13(18)20)14(15,16)17/h5-8,12H,2-4,9H2,1H3,(H2,18,20). The van der Waals surface area contributed by atoms with Crippen LogP contribution in [0.4, 0.5) is 13.2 Å². The fourth-order valence-electron chi connectivity index (χ4n) is 1.65. The first kappa shape index (κ1) is 16.8. The normalized spacial score (nSPS) is 13.0. The van der Waals surface area contributed by atoms with E-state index in [0.29, 0.717) is 5.75 Å². The molecular weight excluding hydrogens is 287 g/mol. The van der Waals surface area contributed by atoms with Crippen LogP contribution in [-0.4, -0.2) is 17.8 Å². The van der Waals surface area contributed by atoms with E-state index in [-0.39, 0.29) is 0 Å². The molecule has 0 spiro atoms. The molecule has 1 aromatic rings. The fourth-order valence-corrected chi connectivity index (χ4v) is 1.85. The zero-order chi connectivity index (χ0) is 15.2. The van der Waals surface area contributed by atoms with Gasteiger partial charge in [0.15, 0.2) is 0 Å². The maximum Gasteiger partial charge on any atom is 0.401 e. The van der Waals surface area contributed by atoms with Gasteiger partial charge in [0.05, 0.1) is 4.99 Å². The molecule has 1 rings (SSSR count). The van der Waals surface area contributed by atoms with Crippen LogP contribution in [0.25, 0.3) is 0 Å². The predicted octanol–water partition coefficient (Wildman–Crippen LogP) is 3.87. The lowest BCUT2D eigenvalue weighted by atomic mass is 10.1. The molecule has 0 aliphatic rings. The molecule has 0 heterocycles. The summed E-state index contributed by atoms with van der Waals surface area (Å²) in [4.78, 5) is -0.600. The Hall–Kier alpha value is -1.30. The molecule has 0 amide bonds. The number of halogens is 3. The lowest BCUT2D eigenvalue weighted by molar-refractivity contribution is -0.161. The van der Waals surface area contributed by atoms with E-state index < -0.39 is 23.7 Å². The van der Waals surface area contributed by atoms with Crippen molar-refractivity contribution in [2.45, 2.75) is 32.4 Å². The number of ether oxygens (including phenoxy) is 1.